The fourth-order valence-electron chi connectivity index (χ4n) is 2.50. The van der Waals surface area contributed by atoms with Crippen LogP contribution in [0.3, 0.4) is 0 Å². The largest absolute Gasteiger partial charge is 0.385 e. The van der Waals surface area contributed by atoms with Crippen molar-refractivity contribution in [3.63, 3.8) is 0 Å². The summed E-state index contributed by atoms with van der Waals surface area (Å²) in [6.45, 7) is 1.96. The number of hydrogen-bond acceptors (Lipinski definition) is 1. The van der Waals surface area contributed by atoms with Crippen LogP contribution in [0.15, 0.2) is 30.3 Å². The maximum absolute atomic E-state index is 10.5. The monoisotopic (exact) mass is 190 g/mol. The highest BCUT2D eigenvalue weighted by molar-refractivity contribution is 5.22. The molecule has 1 heteroatoms. The number of hydrogen-bond donors (Lipinski definition) is 1. The number of benzene rings is 1. The minimum absolute atomic E-state index is 0.449. The maximum Gasteiger partial charge on any atom is 0.0896 e. The third-order valence-electron chi connectivity index (χ3n) is 3.51. The summed E-state index contributed by atoms with van der Waals surface area (Å²) >= 11 is 0. The van der Waals surface area contributed by atoms with Gasteiger partial charge in [-0.3, -0.25) is 0 Å². The Balaban J connectivity index is 2.22. The molecule has 1 N–H and O–H groups in total. The van der Waals surface area contributed by atoms with Gasteiger partial charge in [-0.25, -0.2) is 0 Å². The Morgan fingerprint density at radius 2 is 1.71 bits per heavy atom. The Bertz CT molecular complexity index is 283. The van der Waals surface area contributed by atoms with Crippen molar-refractivity contribution >= 4 is 0 Å². The van der Waals surface area contributed by atoms with E-state index in [1.165, 1.54) is 25.7 Å². The Hall–Kier alpha value is -0.820. The van der Waals surface area contributed by atoms with E-state index in [1.807, 2.05) is 37.3 Å². The molecule has 1 aromatic carbocycles. The molecule has 1 saturated carbocycles. The predicted octanol–water partition coefficient (Wildman–Crippen LogP) is 3.08. The summed E-state index contributed by atoms with van der Waals surface area (Å²) in [4.78, 5) is 0. The lowest BCUT2D eigenvalue weighted by molar-refractivity contribution is -0.00332. The summed E-state index contributed by atoms with van der Waals surface area (Å²) in [7, 11) is 0. The van der Waals surface area contributed by atoms with Crippen LogP contribution < -0.4 is 0 Å². The van der Waals surface area contributed by atoms with Crippen LogP contribution in [0.4, 0.5) is 0 Å². The summed E-state index contributed by atoms with van der Waals surface area (Å²) in [5, 5.41) is 10.5. The fourth-order valence-corrected chi connectivity index (χ4v) is 2.50. The van der Waals surface area contributed by atoms with Gasteiger partial charge in [0.25, 0.3) is 0 Å². The normalized spacial score (nSPS) is 22.1. The molecule has 1 nitrogen and oxygen atoms in total. The van der Waals surface area contributed by atoms with E-state index < -0.39 is 5.60 Å². The van der Waals surface area contributed by atoms with Gasteiger partial charge >= 0.3 is 0 Å². The van der Waals surface area contributed by atoms with E-state index in [0.717, 1.165) is 5.56 Å². The smallest absolute Gasteiger partial charge is 0.0896 e. The zero-order chi connectivity index (χ0) is 10.0. The van der Waals surface area contributed by atoms with Crippen LogP contribution >= 0.6 is 0 Å². The molecule has 1 aliphatic rings. The van der Waals surface area contributed by atoms with E-state index in [4.69, 9.17) is 0 Å². The number of aliphatic hydroxyl groups is 1. The van der Waals surface area contributed by atoms with Crippen molar-refractivity contribution in [1.29, 1.82) is 0 Å². The van der Waals surface area contributed by atoms with Gasteiger partial charge in [0.1, 0.15) is 0 Å². The topological polar surface area (TPSA) is 20.2 Å². The van der Waals surface area contributed by atoms with E-state index >= 15 is 0 Å². The summed E-state index contributed by atoms with van der Waals surface area (Å²) < 4.78 is 0. The molecule has 0 unspecified atom stereocenters. The predicted molar refractivity (Wildman–Crippen MR) is 58.0 cm³/mol. The van der Waals surface area contributed by atoms with Gasteiger partial charge in [-0.15, -0.1) is 0 Å². The summed E-state index contributed by atoms with van der Waals surface area (Å²) in [5.74, 6) is 0.449. The summed E-state index contributed by atoms with van der Waals surface area (Å²) in [6, 6.07) is 10.0. The van der Waals surface area contributed by atoms with Crippen LogP contribution in [-0.4, -0.2) is 5.11 Å². The van der Waals surface area contributed by atoms with Gasteiger partial charge in [0.2, 0.25) is 0 Å². The van der Waals surface area contributed by atoms with Crippen molar-refractivity contribution < 1.29 is 5.11 Å². The first kappa shape index (κ1) is 9.72. The lowest BCUT2D eigenvalue weighted by atomic mass is 9.82. The van der Waals surface area contributed by atoms with Crippen molar-refractivity contribution in [2.75, 3.05) is 0 Å². The first-order chi connectivity index (χ1) is 6.71. The average molecular weight is 190 g/mol. The first-order valence-electron chi connectivity index (χ1n) is 5.49. The third-order valence-corrected chi connectivity index (χ3v) is 3.51. The molecule has 1 aliphatic carbocycles. The van der Waals surface area contributed by atoms with E-state index in [9.17, 15) is 5.11 Å². The second kappa shape index (κ2) is 3.74. The molecule has 0 amide bonds. The van der Waals surface area contributed by atoms with Crippen molar-refractivity contribution in [3.05, 3.63) is 35.9 Å². The van der Waals surface area contributed by atoms with Crippen molar-refractivity contribution in [2.24, 2.45) is 5.92 Å². The molecule has 0 radical (unpaired) electrons. The van der Waals surface area contributed by atoms with Crippen LogP contribution in [0.25, 0.3) is 0 Å². The van der Waals surface area contributed by atoms with Gasteiger partial charge in [-0.1, -0.05) is 43.2 Å². The highest BCUT2D eigenvalue weighted by Crippen LogP contribution is 2.39. The Labute approximate surface area is 85.8 Å². The molecule has 2 rings (SSSR count). The van der Waals surface area contributed by atoms with E-state index in [0.29, 0.717) is 5.92 Å². The van der Waals surface area contributed by atoms with Crippen molar-refractivity contribution in [2.45, 2.75) is 38.2 Å². The average Bonchev–Trinajstić information content (AvgIpc) is 2.72. The molecule has 1 aromatic rings. The molecule has 1 fully saturated rings. The second-order valence-corrected chi connectivity index (χ2v) is 4.49. The van der Waals surface area contributed by atoms with Gasteiger partial charge in [-0.05, 0) is 31.2 Å². The molecule has 1 atom stereocenters. The highest BCUT2D eigenvalue weighted by atomic mass is 16.3. The lowest BCUT2D eigenvalue weighted by Gasteiger charge is -2.30. The van der Waals surface area contributed by atoms with Crippen LogP contribution in [0.1, 0.15) is 38.2 Å². The van der Waals surface area contributed by atoms with Gasteiger partial charge in [0, 0.05) is 0 Å². The Morgan fingerprint density at radius 1 is 1.14 bits per heavy atom. The van der Waals surface area contributed by atoms with Crippen molar-refractivity contribution in [1.82, 2.24) is 0 Å². The van der Waals surface area contributed by atoms with Gasteiger partial charge in [-0.2, -0.15) is 0 Å². The Kier molecular flexibility index (Phi) is 2.60. The quantitative estimate of drug-likeness (QED) is 0.759. The zero-order valence-corrected chi connectivity index (χ0v) is 8.74. The van der Waals surface area contributed by atoms with Gasteiger partial charge in [0.05, 0.1) is 5.60 Å². The molecule has 0 heterocycles. The molecular formula is C13H18O. The number of rotatable bonds is 2. The van der Waals surface area contributed by atoms with Gasteiger partial charge < -0.3 is 5.11 Å². The standard InChI is InChI=1S/C13H18O/c1-13(14,12-9-5-6-10-12)11-7-3-2-4-8-11/h2-4,7-8,12,14H,5-6,9-10H2,1H3/t13-/m1/s1. The molecule has 0 aliphatic heterocycles. The molecule has 0 bridgehead atoms. The second-order valence-electron chi connectivity index (χ2n) is 4.49. The fraction of sp³-hybridized carbons (Fsp3) is 0.538. The van der Waals surface area contributed by atoms with Crippen molar-refractivity contribution in [3.8, 4) is 0 Å². The van der Waals surface area contributed by atoms with E-state index in [1.54, 1.807) is 0 Å². The zero-order valence-electron chi connectivity index (χ0n) is 8.74. The SMILES string of the molecule is C[C@@](O)(c1ccccc1)C1CCCC1. The molecule has 0 spiro atoms. The van der Waals surface area contributed by atoms with E-state index in [2.05, 4.69) is 0 Å². The molecular weight excluding hydrogens is 172 g/mol. The van der Waals surface area contributed by atoms with Crippen LogP contribution in [0.2, 0.25) is 0 Å². The van der Waals surface area contributed by atoms with Crippen LogP contribution in [0.5, 0.6) is 0 Å². The van der Waals surface area contributed by atoms with Gasteiger partial charge in [0.15, 0.2) is 0 Å². The minimum Gasteiger partial charge on any atom is -0.385 e. The lowest BCUT2D eigenvalue weighted by Crippen LogP contribution is -2.29. The van der Waals surface area contributed by atoms with Crippen LogP contribution in [0, 0.1) is 5.92 Å². The maximum atomic E-state index is 10.5. The Morgan fingerprint density at radius 3 is 2.29 bits per heavy atom. The molecule has 76 valence electrons. The highest BCUT2D eigenvalue weighted by Gasteiger charge is 2.35. The first-order valence-corrected chi connectivity index (χ1v) is 5.49. The van der Waals surface area contributed by atoms with E-state index in [-0.39, 0.29) is 0 Å². The third kappa shape index (κ3) is 1.69. The molecule has 14 heavy (non-hydrogen) atoms. The molecule has 0 aromatic heterocycles. The summed E-state index contributed by atoms with van der Waals surface area (Å²) in [5.41, 5.74) is 0.435. The minimum atomic E-state index is -0.627. The van der Waals surface area contributed by atoms with Crippen LogP contribution in [-0.2, 0) is 5.60 Å². The molecule has 0 saturated heterocycles. The summed E-state index contributed by atoms with van der Waals surface area (Å²) in [6.07, 6.45) is 4.88.